The molecule has 0 spiro atoms. The maximum Gasteiger partial charge on any atom is 0.325 e. The molecule has 1 unspecified atom stereocenters. The number of nitrogens with one attached hydrogen (secondary N) is 1. The zero-order valence-corrected chi connectivity index (χ0v) is 13.8. The first-order valence-corrected chi connectivity index (χ1v) is 8.64. The Morgan fingerprint density at radius 1 is 1.39 bits per heavy atom. The van der Waals surface area contributed by atoms with Crippen molar-refractivity contribution in [1.82, 2.24) is 9.78 Å². The Balaban J connectivity index is 1.91. The predicted octanol–water partition coefficient (Wildman–Crippen LogP) is 3.29. The Kier molecular flexibility index (Phi) is 6.62. The molecule has 1 aromatic rings. The molecule has 1 atom stereocenters. The number of anilines is 1. The third-order valence-corrected chi connectivity index (χ3v) is 4.54. The SMILES string of the molecule is CCCC(CC1CCCCC1)C(=O)Nc1ccn(CC(=O)O)n1. The normalized spacial score (nSPS) is 16.9. The maximum atomic E-state index is 12.5. The van der Waals surface area contributed by atoms with Crippen LogP contribution in [0.5, 0.6) is 0 Å². The Bertz CT molecular complexity index is 521. The molecule has 0 saturated heterocycles. The molecule has 1 aliphatic carbocycles. The standard InChI is InChI=1S/C17H27N3O3/c1-2-6-14(11-13-7-4-3-5-8-13)17(23)18-15-9-10-20(19-15)12-16(21)22/h9-10,13-14H,2-8,11-12H2,1H3,(H,21,22)(H,18,19,23). The fourth-order valence-electron chi connectivity index (χ4n) is 3.41. The highest BCUT2D eigenvalue weighted by atomic mass is 16.4. The third kappa shape index (κ3) is 5.69. The quantitative estimate of drug-likeness (QED) is 0.769. The topological polar surface area (TPSA) is 84.2 Å². The number of aromatic nitrogens is 2. The Morgan fingerprint density at radius 3 is 2.78 bits per heavy atom. The van der Waals surface area contributed by atoms with Crippen LogP contribution in [0.2, 0.25) is 0 Å². The molecule has 1 heterocycles. The van der Waals surface area contributed by atoms with E-state index in [1.54, 1.807) is 12.3 Å². The third-order valence-electron chi connectivity index (χ3n) is 4.54. The van der Waals surface area contributed by atoms with Crippen LogP contribution in [0.15, 0.2) is 12.3 Å². The summed E-state index contributed by atoms with van der Waals surface area (Å²) < 4.78 is 1.31. The highest BCUT2D eigenvalue weighted by Gasteiger charge is 2.24. The van der Waals surface area contributed by atoms with Crippen molar-refractivity contribution in [3.05, 3.63) is 12.3 Å². The van der Waals surface area contributed by atoms with Gasteiger partial charge in [-0.25, -0.2) is 0 Å². The number of nitrogens with zero attached hydrogens (tertiary/aromatic N) is 2. The van der Waals surface area contributed by atoms with Gasteiger partial charge in [0.2, 0.25) is 5.91 Å². The highest BCUT2D eigenvalue weighted by Crippen LogP contribution is 2.31. The van der Waals surface area contributed by atoms with Crippen molar-refractivity contribution in [3.63, 3.8) is 0 Å². The Labute approximate surface area is 137 Å². The molecule has 1 saturated carbocycles. The fourth-order valence-corrected chi connectivity index (χ4v) is 3.41. The average Bonchev–Trinajstić information content (AvgIpc) is 2.94. The van der Waals surface area contributed by atoms with Crippen LogP contribution in [-0.2, 0) is 16.1 Å². The van der Waals surface area contributed by atoms with Gasteiger partial charge in [0.15, 0.2) is 5.82 Å². The summed E-state index contributed by atoms with van der Waals surface area (Å²) in [5, 5.41) is 15.7. The molecule has 23 heavy (non-hydrogen) atoms. The Morgan fingerprint density at radius 2 is 2.13 bits per heavy atom. The van der Waals surface area contributed by atoms with E-state index >= 15 is 0 Å². The molecule has 2 N–H and O–H groups in total. The van der Waals surface area contributed by atoms with Crippen molar-refractivity contribution in [2.75, 3.05) is 5.32 Å². The van der Waals surface area contributed by atoms with Gasteiger partial charge in [-0.15, -0.1) is 0 Å². The number of carboxylic acid groups (broad SMARTS) is 1. The molecule has 1 amide bonds. The molecule has 0 bridgehead atoms. The molecule has 1 aromatic heterocycles. The molecule has 6 nitrogen and oxygen atoms in total. The number of hydrogen-bond donors (Lipinski definition) is 2. The minimum absolute atomic E-state index is 0.0120. The number of rotatable bonds is 8. The summed E-state index contributed by atoms with van der Waals surface area (Å²) in [4.78, 5) is 23.2. The van der Waals surface area contributed by atoms with Gasteiger partial charge in [-0.1, -0.05) is 45.4 Å². The van der Waals surface area contributed by atoms with E-state index in [2.05, 4.69) is 17.3 Å². The lowest BCUT2D eigenvalue weighted by atomic mass is 9.81. The van der Waals surface area contributed by atoms with Crippen molar-refractivity contribution in [2.45, 2.75) is 64.8 Å². The van der Waals surface area contributed by atoms with E-state index < -0.39 is 5.97 Å². The summed E-state index contributed by atoms with van der Waals surface area (Å²) >= 11 is 0. The number of amides is 1. The van der Waals surface area contributed by atoms with Crippen LogP contribution in [-0.4, -0.2) is 26.8 Å². The van der Waals surface area contributed by atoms with Crippen molar-refractivity contribution in [1.29, 1.82) is 0 Å². The van der Waals surface area contributed by atoms with E-state index in [0.29, 0.717) is 11.7 Å². The lowest BCUT2D eigenvalue weighted by molar-refractivity contribution is -0.137. The monoisotopic (exact) mass is 321 g/mol. The van der Waals surface area contributed by atoms with Crippen LogP contribution < -0.4 is 5.32 Å². The summed E-state index contributed by atoms with van der Waals surface area (Å²) in [6.07, 6.45) is 10.8. The second-order valence-corrected chi connectivity index (χ2v) is 6.51. The van der Waals surface area contributed by atoms with Crippen molar-refractivity contribution >= 4 is 17.7 Å². The fraction of sp³-hybridized carbons (Fsp3) is 0.706. The van der Waals surface area contributed by atoms with E-state index in [1.807, 2.05) is 0 Å². The first-order chi connectivity index (χ1) is 11.1. The van der Waals surface area contributed by atoms with Gasteiger partial charge < -0.3 is 10.4 Å². The molecule has 1 fully saturated rings. The van der Waals surface area contributed by atoms with E-state index in [-0.39, 0.29) is 18.4 Å². The van der Waals surface area contributed by atoms with Crippen molar-refractivity contribution < 1.29 is 14.7 Å². The lowest BCUT2D eigenvalue weighted by Crippen LogP contribution is -2.26. The molecule has 6 heteroatoms. The number of aliphatic carboxylic acids is 1. The summed E-state index contributed by atoms with van der Waals surface area (Å²) in [6.45, 7) is 1.90. The van der Waals surface area contributed by atoms with Gasteiger partial charge in [0, 0.05) is 18.2 Å². The largest absolute Gasteiger partial charge is 0.480 e. The minimum Gasteiger partial charge on any atom is -0.480 e. The smallest absolute Gasteiger partial charge is 0.325 e. The number of carbonyl (C=O) groups is 2. The van der Waals surface area contributed by atoms with Crippen LogP contribution in [0.3, 0.4) is 0 Å². The second-order valence-electron chi connectivity index (χ2n) is 6.51. The van der Waals surface area contributed by atoms with E-state index in [4.69, 9.17) is 5.11 Å². The minimum atomic E-state index is -0.952. The maximum absolute atomic E-state index is 12.5. The zero-order valence-electron chi connectivity index (χ0n) is 13.8. The van der Waals surface area contributed by atoms with Crippen molar-refractivity contribution in [3.8, 4) is 0 Å². The van der Waals surface area contributed by atoms with E-state index in [1.165, 1.54) is 36.8 Å². The highest BCUT2D eigenvalue weighted by molar-refractivity contribution is 5.91. The van der Waals surface area contributed by atoms with Crippen LogP contribution in [0.4, 0.5) is 5.82 Å². The van der Waals surface area contributed by atoms with Crippen LogP contribution in [0.25, 0.3) is 0 Å². The molecular formula is C17H27N3O3. The van der Waals surface area contributed by atoms with Gasteiger partial charge in [-0.3, -0.25) is 14.3 Å². The molecule has 2 rings (SSSR count). The molecule has 0 aromatic carbocycles. The average molecular weight is 321 g/mol. The number of hydrogen-bond acceptors (Lipinski definition) is 3. The van der Waals surface area contributed by atoms with Gasteiger partial charge >= 0.3 is 5.97 Å². The van der Waals surface area contributed by atoms with Crippen LogP contribution >= 0.6 is 0 Å². The first-order valence-electron chi connectivity index (χ1n) is 8.64. The second kappa shape index (κ2) is 8.70. The molecule has 128 valence electrons. The molecule has 0 aliphatic heterocycles. The summed E-state index contributed by atoms with van der Waals surface area (Å²) in [5.41, 5.74) is 0. The number of carbonyl (C=O) groups excluding carboxylic acids is 1. The lowest BCUT2D eigenvalue weighted by Gasteiger charge is -2.25. The summed E-state index contributed by atoms with van der Waals surface area (Å²) in [5.74, 6) is 0.175. The van der Waals surface area contributed by atoms with E-state index in [0.717, 1.165) is 19.3 Å². The molecule has 1 aliphatic rings. The van der Waals surface area contributed by atoms with E-state index in [9.17, 15) is 9.59 Å². The summed E-state index contributed by atoms with van der Waals surface area (Å²) in [7, 11) is 0. The van der Waals surface area contributed by atoms with Crippen LogP contribution in [0.1, 0.15) is 58.3 Å². The number of carboxylic acids is 1. The van der Waals surface area contributed by atoms with Gasteiger partial charge in [-0.2, -0.15) is 5.10 Å². The molecule has 0 radical (unpaired) electrons. The van der Waals surface area contributed by atoms with Gasteiger partial charge in [-0.05, 0) is 18.8 Å². The first kappa shape index (κ1) is 17.5. The van der Waals surface area contributed by atoms with Crippen LogP contribution in [0, 0.1) is 11.8 Å². The van der Waals surface area contributed by atoms with Crippen molar-refractivity contribution in [2.24, 2.45) is 11.8 Å². The van der Waals surface area contributed by atoms with Gasteiger partial charge in [0.1, 0.15) is 6.54 Å². The van der Waals surface area contributed by atoms with Gasteiger partial charge in [0.25, 0.3) is 0 Å². The van der Waals surface area contributed by atoms with Gasteiger partial charge in [0.05, 0.1) is 0 Å². The Hall–Kier alpha value is -1.85. The molecular weight excluding hydrogens is 294 g/mol. The zero-order chi connectivity index (χ0) is 16.7. The summed E-state index contributed by atoms with van der Waals surface area (Å²) in [6, 6.07) is 1.64. The predicted molar refractivity (Wildman–Crippen MR) is 88.1 cm³/mol.